The lowest BCUT2D eigenvalue weighted by Gasteiger charge is -2.30. The van der Waals surface area contributed by atoms with Gasteiger partial charge < -0.3 is 15.2 Å². The molecule has 0 fully saturated rings. The van der Waals surface area contributed by atoms with E-state index >= 15 is 0 Å². The van der Waals surface area contributed by atoms with Crippen molar-refractivity contribution >= 4 is 5.69 Å². The minimum atomic E-state index is -0.945. The number of anilines is 1. The van der Waals surface area contributed by atoms with Gasteiger partial charge in [0, 0.05) is 11.8 Å². The monoisotopic (exact) mass is 293 g/mol. The Kier molecular flexibility index (Phi) is 4.43. The van der Waals surface area contributed by atoms with Crippen LogP contribution in [0.3, 0.4) is 0 Å². The lowest BCUT2D eigenvalue weighted by atomic mass is 9.92. The lowest BCUT2D eigenvalue weighted by Crippen LogP contribution is -2.36. The topological polar surface area (TPSA) is 41.5 Å². The van der Waals surface area contributed by atoms with Crippen LogP contribution in [0.25, 0.3) is 0 Å². The van der Waals surface area contributed by atoms with E-state index in [2.05, 4.69) is 5.32 Å². The largest absolute Gasteiger partial charge is 0.497 e. The molecule has 0 heterocycles. The van der Waals surface area contributed by atoms with E-state index in [1.807, 2.05) is 0 Å². The maximum absolute atomic E-state index is 13.4. The van der Waals surface area contributed by atoms with E-state index < -0.39 is 17.2 Å². The fourth-order valence-corrected chi connectivity index (χ4v) is 2.06. The van der Waals surface area contributed by atoms with E-state index in [9.17, 15) is 13.9 Å². The molecule has 0 aliphatic rings. The molecule has 0 bridgehead atoms. The minimum absolute atomic E-state index is 0.282. The number of methoxy groups -OCH3 is 1. The highest BCUT2D eigenvalue weighted by Crippen LogP contribution is 2.28. The zero-order valence-electron chi connectivity index (χ0n) is 11.9. The van der Waals surface area contributed by atoms with Crippen LogP contribution in [0.1, 0.15) is 12.5 Å². The third kappa shape index (κ3) is 3.31. The van der Waals surface area contributed by atoms with Gasteiger partial charge in [-0.05, 0) is 36.8 Å². The van der Waals surface area contributed by atoms with Gasteiger partial charge in [-0.2, -0.15) is 0 Å². The standard InChI is InChI=1S/C16H17F2NO2/c1-16(10-20,11-6-7-14(17)15(18)8-11)19-12-4-3-5-13(9-12)21-2/h3-9,19-20H,10H2,1-2H3. The number of aliphatic hydroxyl groups is 1. The second kappa shape index (κ2) is 6.10. The van der Waals surface area contributed by atoms with Crippen molar-refractivity contribution in [3.63, 3.8) is 0 Å². The Bertz CT molecular complexity index is 633. The van der Waals surface area contributed by atoms with Crippen LogP contribution in [-0.4, -0.2) is 18.8 Å². The molecule has 112 valence electrons. The highest BCUT2D eigenvalue weighted by atomic mass is 19.2. The molecule has 2 rings (SSSR count). The summed E-state index contributed by atoms with van der Waals surface area (Å²) < 4.78 is 31.6. The van der Waals surface area contributed by atoms with Gasteiger partial charge >= 0.3 is 0 Å². The molecule has 2 N–H and O–H groups in total. The molecular weight excluding hydrogens is 276 g/mol. The van der Waals surface area contributed by atoms with Crippen molar-refractivity contribution in [2.24, 2.45) is 0 Å². The zero-order chi connectivity index (χ0) is 15.5. The molecule has 5 heteroatoms. The molecule has 0 aliphatic carbocycles. The van der Waals surface area contributed by atoms with Crippen LogP contribution in [0.15, 0.2) is 42.5 Å². The van der Waals surface area contributed by atoms with E-state index in [1.165, 1.54) is 6.07 Å². The average Bonchev–Trinajstić information content (AvgIpc) is 2.50. The van der Waals surface area contributed by atoms with Gasteiger partial charge in [0.1, 0.15) is 5.75 Å². The highest BCUT2D eigenvalue weighted by Gasteiger charge is 2.26. The number of halogens is 2. The van der Waals surface area contributed by atoms with Crippen molar-refractivity contribution in [1.82, 2.24) is 0 Å². The molecule has 2 aromatic rings. The van der Waals surface area contributed by atoms with Crippen molar-refractivity contribution in [1.29, 1.82) is 0 Å². The summed E-state index contributed by atoms with van der Waals surface area (Å²) in [5, 5.41) is 12.8. The number of ether oxygens (including phenoxy) is 1. The second-order valence-corrected chi connectivity index (χ2v) is 4.98. The molecule has 0 spiro atoms. The van der Waals surface area contributed by atoms with E-state index in [4.69, 9.17) is 4.74 Å². The number of aliphatic hydroxyl groups excluding tert-OH is 1. The normalized spacial score (nSPS) is 13.6. The Balaban J connectivity index is 2.33. The summed E-state index contributed by atoms with van der Waals surface area (Å²) in [6.07, 6.45) is 0. The van der Waals surface area contributed by atoms with Crippen LogP contribution in [-0.2, 0) is 5.54 Å². The fraction of sp³-hybridized carbons (Fsp3) is 0.250. The Morgan fingerprint density at radius 2 is 1.90 bits per heavy atom. The van der Waals surface area contributed by atoms with Crippen molar-refractivity contribution in [2.45, 2.75) is 12.5 Å². The number of hydrogen-bond acceptors (Lipinski definition) is 3. The highest BCUT2D eigenvalue weighted by molar-refractivity contribution is 5.51. The molecule has 1 atom stereocenters. The van der Waals surface area contributed by atoms with Gasteiger partial charge in [-0.25, -0.2) is 8.78 Å². The first kappa shape index (κ1) is 15.3. The van der Waals surface area contributed by atoms with Crippen LogP contribution in [0.4, 0.5) is 14.5 Å². The predicted octanol–water partition coefficient (Wildman–Crippen LogP) is 3.29. The Labute approximate surface area is 122 Å². The summed E-state index contributed by atoms with van der Waals surface area (Å²) in [5.74, 6) is -1.20. The maximum Gasteiger partial charge on any atom is 0.159 e. The van der Waals surface area contributed by atoms with Gasteiger partial charge in [0.25, 0.3) is 0 Å². The molecule has 0 radical (unpaired) electrons. The predicted molar refractivity (Wildman–Crippen MR) is 77.4 cm³/mol. The zero-order valence-corrected chi connectivity index (χ0v) is 11.9. The molecule has 3 nitrogen and oxygen atoms in total. The SMILES string of the molecule is COc1cccc(NC(C)(CO)c2ccc(F)c(F)c2)c1. The number of rotatable bonds is 5. The number of benzene rings is 2. The van der Waals surface area contributed by atoms with E-state index in [1.54, 1.807) is 38.3 Å². The van der Waals surface area contributed by atoms with Crippen molar-refractivity contribution < 1.29 is 18.6 Å². The van der Waals surface area contributed by atoms with Crippen molar-refractivity contribution in [3.8, 4) is 5.75 Å². The lowest BCUT2D eigenvalue weighted by molar-refractivity contribution is 0.223. The van der Waals surface area contributed by atoms with Gasteiger partial charge in [-0.3, -0.25) is 0 Å². The van der Waals surface area contributed by atoms with Crippen LogP contribution in [0, 0.1) is 11.6 Å². The molecule has 0 amide bonds. The molecular formula is C16H17F2NO2. The van der Waals surface area contributed by atoms with Crippen LogP contribution >= 0.6 is 0 Å². The Morgan fingerprint density at radius 1 is 1.14 bits per heavy atom. The fourth-order valence-electron chi connectivity index (χ4n) is 2.06. The molecule has 0 saturated heterocycles. The van der Waals surface area contributed by atoms with Crippen LogP contribution < -0.4 is 10.1 Å². The summed E-state index contributed by atoms with van der Waals surface area (Å²) in [6, 6.07) is 10.7. The smallest absolute Gasteiger partial charge is 0.159 e. The van der Waals surface area contributed by atoms with E-state index in [0.29, 0.717) is 17.0 Å². The maximum atomic E-state index is 13.4. The summed E-state index contributed by atoms with van der Waals surface area (Å²) in [6.45, 7) is 1.43. The average molecular weight is 293 g/mol. The summed E-state index contributed by atoms with van der Waals surface area (Å²) in [5.41, 5.74) is 0.211. The van der Waals surface area contributed by atoms with Gasteiger partial charge in [0.15, 0.2) is 11.6 Å². The quantitative estimate of drug-likeness (QED) is 0.889. The van der Waals surface area contributed by atoms with E-state index in [-0.39, 0.29) is 6.61 Å². The van der Waals surface area contributed by atoms with Crippen molar-refractivity contribution in [3.05, 3.63) is 59.7 Å². The van der Waals surface area contributed by atoms with Gasteiger partial charge in [0.2, 0.25) is 0 Å². The minimum Gasteiger partial charge on any atom is -0.497 e. The molecule has 0 aliphatic heterocycles. The Hall–Kier alpha value is -2.14. The Morgan fingerprint density at radius 3 is 2.52 bits per heavy atom. The van der Waals surface area contributed by atoms with Crippen molar-refractivity contribution in [2.75, 3.05) is 19.0 Å². The first-order chi connectivity index (χ1) is 9.98. The first-order valence-electron chi connectivity index (χ1n) is 6.47. The summed E-state index contributed by atoms with van der Waals surface area (Å²) >= 11 is 0. The summed E-state index contributed by atoms with van der Waals surface area (Å²) in [4.78, 5) is 0. The first-order valence-corrected chi connectivity index (χ1v) is 6.47. The molecule has 0 aromatic heterocycles. The van der Waals surface area contributed by atoms with Gasteiger partial charge in [0.05, 0.1) is 19.3 Å². The molecule has 21 heavy (non-hydrogen) atoms. The number of hydrogen-bond donors (Lipinski definition) is 2. The second-order valence-electron chi connectivity index (χ2n) is 4.98. The third-order valence-corrected chi connectivity index (χ3v) is 3.36. The molecule has 0 saturated carbocycles. The van der Waals surface area contributed by atoms with Crippen LogP contribution in [0.2, 0.25) is 0 Å². The van der Waals surface area contributed by atoms with E-state index in [0.717, 1.165) is 12.1 Å². The summed E-state index contributed by atoms with van der Waals surface area (Å²) in [7, 11) is 1.56. The molecule has 2 aromatic carbocycles. The molecule has 1 unspecified atom stereocenters. The van der Waals surface area contributed by atoms with Crippen LogP contribution in [0.5, 0.6) is 5.75 Å². The van der Waals surface area contributed by atoms with Gasteiger partial charge in [-0.1, -0.05) is 12.1 Å². The number of nitrogens with one attached hydrogen (secondary N) is 1. The third-order valence-electron chi connectivity index (χ3n) is 3.36. The van der Waals surface area contributed by atoms with Gasteiger partial charge in [-0.15, -0.1) is 0 Å².